The Morgan fingerprint density at radius 2 is 2.42 bits per heavy atom. The van der Waals surface area contributed by atoms with E-state index in [2.05, 4.69) is 15.5 Å². The van der Waals surface area contributed by atoms with E-state index < -0.39 is 0 Å². The molecule has 1 aromatic rings. The van der Waals surface area contributed by atoms with Crippen molar-refractivity contribution in [1.82, 2.24) is 15.5 Å². The van der Waals surface area contributed by atoms with Gasteiger partial charge in [0.2, 0.25) is 0 Å². The Bertz CT molecular complexity index is 305. The minimum absolute atomic E-state index is 0.110. The summed E-state index contributed by atoms with van der Waals surface area (Å²) in [6, 6.07) is 1.79. The van der Waals surface area contributed by atoms with Crippen LogP contribution in [0.2, 0.25) is 0 Å². The zero-order valence-electron chi connectivity index (χ0n) is 7.35. The van der Waals surface area contributed by atoms with Gasteiger partial charge in [-0.2, -0.15) is 5.10 Å². The quantitative estimate of drug-likeness (QED) is 0.675. The molecule has 4 nitrogen and oxygen atoms in total. The minimum Gasteiger partial charge on any atom is -0.313 e. The third kappa shape index (κ3) is 2.17. The number of hydrogen-bond acceptors (Lipinski definition) is 3. The monoisotopic (exact) mass is 167 g/mol. The van der Waals surface area contributed by atoms with Gasteiger partial charge in [0.1, 0.15) is 0 Å². The Kier molecular flexibility index (Phi) is 2.99. The summed E-state index contributed by atoms with van der Waals surface area (Å²) in [6.45, 7) is 5.32. The summed E-state index contributed by atoms with van der Waals surface area (Å²) < 4.78 is 0. The Balaban J connectivity index is 2.83. The summed E-state index contributed by atoms with van der Waals surface area (Å²) in [5.41, 5.74) is 1.47. The maximum Gasteiger partial charge on any atom is 0.268 e. The van der Waals surface area contributed by atoms with Gasteiger partial charge in [-0.05, 0) is 19.5 Å². The fourth-order valence-corrected chi connectivity index (χ4v) is 0.952. The first-order valence-electron chi connectivity index (χ1n) is 4.00. The average molecular weight is 167 g/mol. The topological polar surface area (TPSA) is 57.8 Å². The number of aromatic nitrogens is 2. The van der Waals surface area contributed by atoms with Crippen molar-refractivity contribution >= 4 is 0 Å². The predicted octanol–water partition coefficient (Wildman–Crippen LogP) is 0.188. The van der Waals surface area contributed by atoms with E-state index in [4.69, 9.17) is 0 Å². The zero-order chi connectivity index (χ0) is 8.97. The van der Waals surface area contributed by atoms with Crippen LogP contribution < -0.4 is 10.9 Å². The van der Waals surface area contributed by atoms with Crippen LogP contribution in [-0.2, 0) is 6.54 Å². The van der Waals surface area contributed by atoms with Crippen molar-refractivity contribution < 1.29 is 0 Å². The molecular weight excluding hydrogens is 154 g/mol. The smallest absolute Gasteiger partial charge is 0.268 e. The third-order valence-corrected chi connectivity index (χ3v) is 1.57. The van der Waals surface area contributed by atoms with E-state index in [1.165, 1.54) is 0 Å². The highest BCUT2D eigenvalue weighted by atomic mass is 16.1. The lowest BCUT2D eigenvalue weighted by Crippen LogP contribution is -2.21. The summed E-state index contributed by atoms with van der Waals surface area (Å²) >= 11 is 0. The lowest BCUT2D eigenvalue weighted by molar-refractivity contribution is 0.712. The summed E-state index contributed by atoms with van der Waals surface area (Å²) in [5.74, 6) is 0. The number of H-pyrrole nitrogens is 1. The highest BCUT2D eigenvalue weighted by molar-refractivity contribution is 5.11. The standard InChI is InChI=1S/C8H13N3O/c1-3-9-5-7-4-6(2)10-11-8(7)12/h4,9H,3,5H2,1-2H3,(H,11,12). The van der Waals surface area contributed by atoms with Crippen molar-refractivity contribution in [2.75, 3.05) is 6.54 Å². The second kappa shape index (κ2) is 4.01. The van der Waals surface area contributed by atoms with Crippen LogP contribution in [-0.4, -0.2) is 16.7 Å². The molecule has 0 aliphatic rings. The molecule has 0 radical (unpaired) electrons. The van der Waals surface area contributed by atoms with Gasteiger partial charge in [-0.25, -0.2) is 5.10 Å². The normalized spacial score (nSPS) is 10.2. The first kappa shape index (κ1) is 8.93. The molecule has 4 heteroatoms. The lowest BCUT2D eigenvalue weighted by Gasteiger charge is -2.00. The highest BCUT2D eigenvalue weighted by Gasteiger charge is 1.98. The molecule has 0 saturated heterocycles. The molecule has 0 atom stereocenters. The minimum atomic E-state index is -0.110. The lowest BCUT2D eigenvalue weighted by atomic mass is 10.2. The van der Waals surface area contributed by atoms with Crippen LogP contribution in [0.25, 0.3) is 0 Å². The van der Waals surface area contributed by atoms with Crippen LogP contribution in [0.5, 0.6) is 0 Å². The number of hydrogen-bond donors (Lipinski definition) is 2. The van der Waals surface area contributed by atoms with Crippen LogP contribution in [0, 0.1) is 6.92 Å². The van der Waals surface area contributed by atoms with Gasteiger partial charge in [-0.15, -0.1) is 0 Å². The van der Waals surface area contributed by atoms with Crippen molar-refractivity contribution in [3.8, 4) is 0 Å². The molecule has 0 aromatic carbocycles. The van der Waals surface area contributed by atoms with Gasteiger partial charge < -0.3 is 5.32 Å². The van der Waals surface area contributed by atoms with E-state index >= 15 is 0 Å². The average Bonchev–Trinajstić information content (AvgIpc) is 2.07. The van der Waals surface area contributed by atoms with Gasteiger partial charge in [0.25, 0.3) is 5.56 Å². The second-order valence-electron chi connectivity index (χ2n) is 2.64. The van der Waals surface area contributed by atoms with Crippen LogP contribution in [0.15, 0.2) is 10.9 Å². The Hall–Kier alpha value is -1.16. The summed E-state index contributed by atoms with van der Waals surface area (Å²) in [7, 11) is 0. The Morgan fingerprint density at radius 3 is 3.08 bits per heavy atom. The Labute approximate surface area is 71.0 Å². The molecule has 0 bridgehead atoms. The van der Waals surface area contributed by atoms with Gasteiger partial charge in [0.15, 0.2) is 0 Å². The number of nitrogens with zero attached hydrogens (tertiary/aromatic N) is 1. The van der Waals surface area contributed by atoms with E-state index in [1.54, 1.807) is 6.07 Å². The number of nitrogens with one attached hydrogen (secondary N) is 2. The molecule has 12 heavy (non-hydrogen) atoms. The molecule has 1 rings (SSSR count). The summed E-state index contributed by atoms with van der Waals surface area (Å²) in [4.78, 5) is 11.1. The number of aryl methyl sites for hydroxylation is 1. The molecular formula is C8H13N3O. The van der Waals surface area contributed by atoms with Crippen molar-refractivity contribution in [2.24, 2.45) is 0 Å². The van der Waals surface area contributed by atoms with Crippen LogP contribution in [0.3, 0.4) is 0 Å². The molecule has 0 saturated carbocycles. The summed E-state index contributed by atoms with van der Waals surface area (Å²) in [6.07, 6.45) is 0. The summed E-state index contributed by atoms with van der Waals surface area (Å²) in [5, 5.41) is 9.30. The van der Waals surface area contributed by atoms with Crippen molar-refractivity contribution in [1.29, 1.82) is 0 Å². The van der Waals surface area contributed by atoms with Crippen LogP contribution in [0.4, 0.5) is 0 Å². The molecule has 0 spiro atoms. The molecule has 66 valence electrons. The van der Waals surface area contributed by atoms with Crippen molar-refractivity contribution in [3.05, 3.63) is 27.7 Å². The maximum atomic E-state index is 11.1. The van der Waals surface area contributed by atoms with E-state index in [9.17, 15) is 4.79 Å². The maximum absolute atomic E-state index is 11.1. The first-order chi connectivity index (χ1) is 5.74. The molecule has 1 aromatic heterocycles. The van der Waals surface area contributed by atoms with Gasteiger partial charge in [0, 0.05) is 12.1 Å². The third-order valence-electron chi connectivity index (χ3n) is 1.57. The second-order valence-corrected chi connectivity index (χ2v) is 2.64. The highest BCUT2D eigenvalue weighted by Crippen LogP contribution is 1.91. The molecule has 2 N–H and O–H groups in total. The van der Waals surface area contributed by atoms with Crippen molar-refractivity contribution in [2.45, 2.75) is 20.4 Å². The molecule has 0 aliphatic heterocycles. The molecule has 1 heterocycles. The van der Waals surface area contributed by atoms with Gasteiger partial charge in [0.05, 0.1) is 5.69 Å². The van der Waals surface area contributed by atoms with Gasteiger partial charge >= 0.3 is 0 Å². The van der Waals surface area contributed by atoms with E-state index in [0.717, 1.165) is 17.8 Å². The number of rotatable bonds is 3. The first-order valence-corrected chi connectivity index (χ1v) is 4.00. The van der Waals surface area contributed by atoms with Crippen LogP contribution in [0.1, 0.15) is 18.2 Å². The SMILES string of the molecule is CCNCc1cc(C)n[nH]c1=O. The van der Waals surface area contributed by atoms with Gasteiger partial charge in [-0.3, -0.25) is 4.79 Å². The largest absolute Gasteiger partial charge is 0.313 e. The molecule has 0 fully saturated rings. The van der Waals surface area contributed by atoms with E-state index in [1.807, 2.05) is 13.8 Å². The van der Waals surface area contributed by atoms with Crippen molar-refractivity contribution in [3.63, 3.8) is 0 Å². The Morgan fingerprint density at radius 1 is 1.67 bits per heavy atom. The van der Waals surface area contributed by atoms with Crippen LogP contribution >= 0.6 is 0 Å². The fourth-order valence-electron chi connectivity index (χ4n) is 0.952. The predicted molar refractivity (Wildman–Crippen MR) is 47.0 cm³/mol. The number of aromatic amines is 1. The fraction of sp³-hybridized carbons (Fsp3) is 0.500. The molecule has 0 amide bonds. The van der Waals surface area contributed by atoms with E-state index in [0.29, 0.717) is 6.54 Å². The molecule has 0 unspecified atom stereocenters. The molecule has 0 aliphatic carbocycles. The zero-order valence-corrected chi connectivity index (χ0v) is 7.35. The van der Waals surface area contributed by atoms with E-state index in [-0.39, 0.29) is 5.56 Å². The van der Waals surface area contributed by atoms with Gasteiger partial charge in [-0.1, -0.05) is 6.92 Å².